The average Bonchev–Trinajstić information content (AvgIpc) is 3.06. The second kappa shape index (κ2) is 16.6. The van der Waals surface area contributed by atoms with Gasteiger partial charge in [0.05, 0.1) is 35.3 Å². The molecule has 12 heteroatoms. The van der Waals surface area contributed by atoms with Gasteiger partial charge in [0, 0.05) is 48.9 Å². The Morgan fingerprint density at radius 3 is 2.47 bits per heavy atom. The molecule has 2 N–H and O–H groups in total. The fourth-order valence-corrected chi connectivity index (χ4v) is 6.70. The number of anilines is 1. The summed E-state index contributed by atoms with van der Waals surface area (Å²) >= 11 is 5.98. The number of carbonyl (C=O) groups excluding carboxylic acids is 2. The van der Waals surface area contributed by atoms with E-state index in [1.54, 1.807) is 54.3 Å². The van der Waals surface area contributed by atoms with Crippen LogP contribution in [0.1, 0.15) is 60.7 Å². The van der Waals surface area contributed by atoms with Crippen molar-refractivity contribution in [3.05, 3.63) is 88.9 Å². The van der Waals surface area contributed by atoms with Crippen molar-refractivity contribution in [3.8, 4) is 5.75 Å². The van der Waals surface area contributed by atoms with Gasteiger partial charge in [-0.3, -0.25) is 9.59 Å². The maximum Gasteiger partial charge on any atom is 0.258 e. The zero-order chi connectivity index (χ0) is 34.1. The summed E-state index contributed by atoms with van der Waals surface area (Å²) in [6, 6.07) is 19.2. The molecule has 0 spiro atoms. The molecule has 0 saturated heterocycles. The number of hydrogen-bond donors (Lipinski definition) is 2. The van der Waals surface area contributed by atoms with Gasteiger partial charge in [0.2, 0.25) is 10.0 Å². The summed E-state index contributed by atoms with van der Waals surface area (Å²) in [4.78, 5) is 28.9. The molecule has 0 radical (unpaired) electrons. The van der Waals surface area contributed by atoms with E-state index >= 15 is 0 Å². The fraction of sp³-hybridized carbons (Fsp3) is 0.429. The molecule has 3 aromatic rings. The van der Waals surface area contributed by atoms with E-state index in [-0.39, 0.29) is 48.1 Å². The highest BCUT2D eigenvalue weighted by Gasteiger charge is 2.32. The molecule has 1 aliphatic rings. The smallest absolute Gasteiger partial charge is 0.258 e. The van der Waals surface area contributed by atoms with Crippen molar-refractivity contribution >= 4 is 39.1 Å². The summed E-state index contributed by atoms with van der Waals surface area (Å²) in [5.74, 6) is -0.668. The molecule has 1 aliphatic heterocycles. The first-order valence-electron chi connectivity index (χ1n) is 15.8. The number of ether oxygens (including phenoxy) is 2. The lowest BCUT2D eigenvalue weighted by Gasteiger charge is -2.35. The number of aliphatic hydroxyl groups excluding tert-OH is 1. The Bertz CT molecular complexity index is 1610. The van der Waals surface area contributed by atoms with Crippen LogP contribution >= 0.6 is 11.6 Å². The largest absolute Gasteiger partial charge is 0.490 e. The molecule has 2 amide bonds. The Morgan fingerprint density at radius 2 is 1.79 bits per heavy atom. The Morgan fingerprint density at radius 1 is 1.09 bits per heavy atom. The van der Waals surface area contributed by atoms with Gasteiger partial charge in [0.1, 0.15) is 5.75 Å². The van der Waals surface area contributed by atoms with E-state index < -0.39 is 28.1 Å². The topological polar surface area (TPSA) is 125 Å². The van der Waals surface area contributed by atoms with Crippen LogP contribution in [0, 0.1) is 5.92 Å². The first-order chi connectivity index (χ1) is 22.4. The highest BCUT2D eigenvalue weighted by molar-refractivity contribution is 7.89. The summed E-state index contributed by atoms with van der Waals surface area (Å²) in [7, 11) is -2.34. The maximum atomic E-state index is 14.3. The number of fused-ring (bicyclic) bond motifs is 1. The molecule has 4 atom stereocenters. The Balaban J connectivity index is 1.65. The molecule has 47 heavy (non-hydrogen) atoms. The molecule has 10 nitrogen and oxygen atoms in total. The lowest BCUT2D eigenvalue weighted by Crippen LogP contribution is -2.48. The van der Waals surface area contributed by atoms with Crippen LogP contribution in [-0.4, -0.2) is 86.1 Å². The highest BCUT2D eigenvalue weighted by atomic mass is 35.5. The van der Waals surface area contributed by atoms with E-state index in [4.69, 9.17) is 21.1 Å². The Labute approximate surface area is 282 Å². The molecule has 1 heterocycles. The molecule has 254 valence electrons. The van der Waals surface area contributed by atoms with Crippen LogP contribution in [0.3, 0.4) is 0 Å². The number of amides is 2. The molecular weight excluding hydrogens is 642 g/mol. The van der Waals surface area contributed by atoms with Gasteiger partial charge in [-0.2, -0.15) is 4.31 Å². The number of nitrogens with zero attached hydrogens (tertiary/aromatic N) is 2. The summed E-state index contributed by atoms with van der Waals surface area (Å²) in [6.45, 7) is 5.89. The van der Waals surface area contributed by atoms with Gasteiger partial charge in [-0.05, 0) is 87.7 Å². The fourth-order valence-electron chi connectivity index (χ4n) is 5.39. The lowest BCUT2D eigenvalue weighted by molar-refractivity contribution is -0.00834. The molecular formula is C35H44ClN3O7S. The Kier molecular flexibility index (Phi) is 12.8. The van der Waals surface area contributed by atoms with Gasteiger partial charge in [0.15, 0.2) is 0 Å². The third-order valence-electron chi connectivity index (χ3n) is 8.30. The van der Waals surface area contributed by atoms with Gasteiger partial charge in [-0.15, -0.1) is 0 Å². The summed E-state index contributed by atoms with van der Waals surface area (Å²) < 4.78 is 40.7. The van der Waals surface area contributed by atoms with Crippen LogP contribution < -0.4 is 10.1 Å². The van der Waals surface area contributed by atoms with Crippen molar-refractivity contribution in [1.29, 1.82) is 0 Å². The van der Waals surface area contributed by atoms with Gasteiger partial charge >= 0.3 is 0 Å². The van der Waals surface area contributed by atoms with Crippen LogP contribution in [0.25, 0.3) is 0 Å². The number of sulfonamides is 1. The van der Waals surface area contributed by atoms with Crippen molar-refractivity contribution in [2.45, 2.75) is 63.2 Å². The molecule has 0 saturated carbocycles. The minimum atomic E-state index is -3.84. The summed E-state index contributed by atoms with van der Waals surface area (Å²) in [6.07, 6.45) is 1.45. The van der Waals surface area contributed by atoms with Crippen molar-refractivity contribution < 1.29 is 32.6 Å². The van der Waals surface area contributed by atoms with Crippen molar-refractivity contribution in [2.24, 2.45) is 5.92 Å². The highest BCUT2D eigenvalue weighted by Crippen LogP contribution is 2.29. The molecule has 0 unspecified atom stereocenters. The Hall–Kier alpha value is -3.48. The molecule has 0 aromatic heterocycles. The minimum absolute atomic E-state index is 0.0490. The molecule has 3 aromatic carbocycles. The van der Waals surface area contributed by atoms with Crippen LogP contribution in [0.15, 0.2) is 77.7 Å². The SMILES string of the molecule is C[C@H](CO)N1C[C@H](C)[C@@H](CN(C)S(=O)(=O)c2ccc(Cl)cc2)OCCCC[C@H](C)Oc2ccc(NC(=O)c3ccccc3)cc2C1=O. The number of benzene rings is 3. The molecule has 0 fully saturated rings. The van der Waals surface area contributed by atoms with Gasteiger partial charge in [-0.1, -0.05) is 36.7 Å². The van der Waals surface area contributed by atoms with Crippen LogP contribution in [0.2, 0.25) is 5.02 Å². The zero-order valence-electron chi connectivity index (χ0n) is 27.3. The first-order valence-corrected chi connectivity index (χ1v) is 17.6. The zero-order valence-corrected chi connectivity index (χ0v) is 28.8. The third kappa shape index (κ3) is 9.55. The summed E-state index contributed by atoms with van der Waals surface area (Å²) in [5, 5.41) is 13.5. The van der Waals surface area contributed by atoms with Crippen LogP contribution in [0.4, 0.5) is 5.69 Å². The number of halogens is 1. The number of aliphatic hydroxyl groups is 1. The minimum Gasteiger partial charge on any atom is -0.490 e. The average molecular weight is 686 g/mol. The van der Waals surface area contributed by atoms with Gasteiger partial charge in [0.25, 0.3) is 11.8 Å². The summed E-state index contributed by atoms with van der Waals surface area (Å²) in [5.41, 5.74) is 1.14. The number of carbonyl (C=O) groups is 2. The van der Waals surface area contributed by atoms with Crippen molar-refractivity contribution in [2.75, 3.05) is 38.7 Å². The van der Waals surface area contributed by atoms with E-state index in [0.717, 1.165) is 12.8 Å². The van der Waals surface area contributed by atoms with E-state index in [0.29, 0.717) is 35.1 Å². The molecule has 4 rings (SSSR count). The van der Waals surface area contributed by atoms with E-state index in [1.165, 1.54) is 35.6 Å². The number of likely N-dealkylation sites (N-methyl/N-ethyl adjacent to an activating group) is 1. The number of hydrogen-bond acceptors (Lipinski definition) is 7. The van der Waals surface area contributed by atoms with Crippen molar-refractivity contribution in [3.63, 3.8) is 0 Å². The second-order valence-corrected chi connectivity index (χ2v) is 14.6. The standard InChI is InChI=1S/C35H44ClN3O7S/c1-24-21-39(25(2)23-40)35(42)31-20-29(37-34(41)27-11-6-5-7-12-27)15-18-32(31)46-26(3)10-8-9-19-45-33(24)22-38(4)47(43,44)30-16-13-28(36)14-17-30/h5-7,11-18,20,24-26,33,40H,8-10,19,21-23H2,1-4H3,(H,37,41)/t24-,25+,26-,33+/m0/s1. The normalized spacial score (nSPS) is 20.5. The predicted octanol–water partition coefficient (Wildman–Crippen LogP) is 5.71. The van der Waals surface area contributed by atoms with E-state index in [1.807, 2.05) is 19.9 Å². The van der Waals surface area contributed by atoms with E-state index in [9.17, 15) is 23.1 Å². The maximum absolute atomic E-state index is 14.3. The van der Waals surface area contributed by atoms with Crippen LogP contribution in [0.5, 0.6) is 5.75 Å². The third-order valence-corrected chi connectivity index (χ3v) is 10.4. The second-order valence-electron chi connectivity index (χ2n) is 12.1. The monoisotopic (exact) mass is 685 g/mol. The van der Waals surface area contributed by atoms with Gasteiger partial charge in [-0.25, -0.2) is 8.42 Å². The number of rotatable bonds is 8. The quantitative estimate of drug-likeness (QED) is 0.311. The molecule has 0 bridgehead atoms. The number of nitrogens with one attached hydrogen (secondary N) is 1. The van der Waals surface area contributed by atoms with Crippen molar-refractivity contribution in [1.82, 2.24) is 9.21 Å². The van der Waals surface area contributed by atoms with Crippen LogP contribution in [-0.2, 0) is 14.8 Å². The predicted molar refractivity (Wildman–Crippen MR) is 183 cm³/mol. The van der Waals surface area contributed by atoms with Gasteiger partial charge < -0.3 is 24.8 Å². The van der Waals surface area contributed by atoms with E-state index in [2.05, 4.69) is 5.32 Å². The molecule has 0 aliphatic carbocycles. The lowest BCUT2D eigenvalue weighted by atomic mass is 10.0. The first kappa shape index (κ1) is 36.4.